The maximum atomic E-state index is 12.3. The summed E-state index contributed by atoms with van der Waals surface area (Å²) in [6.45, 7) is 3.76. The normalized spacial score (nSPS) is 12.5. The van der Waals surface area contributed by atoms with Crippen molar-refractivity contribution >= 4 is 11.9 Å². The van der Waals surface area contributed by atoms with E-state index in [1.165, 1.54) is 18.2 Å². The molecule has 0 atom stereocenters. The van der Waals surface area contributed by atoms with Gasteiger partial charge < -0.3 is 19.7 Å². The Morgan fingerprint density at radius 1 is 1.17 bits per heavy atom. The van der Waals surface area contributed by atoms with E-state index in [9.17, 15) is 15.0 Å². The topological polar surface area (TPSA) is 76.0 Å². The Balaban J connectivity index is 1.84. The standard InChI is InChI=1S/C19H16O5/c1-2-3-13-16(21)8-6-14(19(13)22)15(20)7-4-12-5-9-17-18(10-12)24-11-23-17/h2,4-10,21-22H,1,3,11H2/b7-4+. The van der Waals surface area contributed by atoms with Gasteiger partial charge in [0, 0.05) is 5.56 Å². The number of ketones is 1. The molecule has 0 aliphatic carbocycles. The summed E-state index contributed by atoms with van der Waals surface area (Å²) in [6, 6.07) is 8.12. The van der Waals surface area contributed by atoms with Crippen LogP contribution in [-0.2, 0) is 6.42 Å². The van der Waals surface area contributed by atoms with Crippen LogP contribution in [0, 0.1) is 0 Å². The molecule has 5 heteroatoms. The third kappa shape index (κ3) is 2.96. The summed E-state index contributed by atoms with van der Waals surface area (Å²) < 4.78 is 10.5. The lowest BCUT2D eigenvalue weighted by molar-refractivity contribution is 0.104. The lowest BCUT2D eigenvalue weighted by Crippen LogP contribution is -1.98. The predicted molar refractivity (Wildman–Crippen MR) is 89.6 cm³/mol. The van der Waals surface area contributed by atoms with E-state index in [1.807, 2.05) is 0 Å². The zero-order valence-electron chi connectivity index (χ0n) is 12.9. The number of allylic oxidation sites excluding steroid dienone is 2. The molecule has 2 N–H and O–H groups in total. The largest absolute Gasteiger partial charge is 0.508 e. The van der Waals surface area contributed by atoms with Gasteiger partial charge in [0.2, 0.25) is 6.79 Å². The van der Waals surface area contributed by atoms with E-state index in [2.05, 4.69) is 6.58 Å². The average Bonchev–Trinajstić information content (AvgIpc) is 3.04. The molecule has 0 saturated heterocycles. The Labute approximate surface area is 139 Å². The molecule has 5 nitrogen and oxygen atoms in total. The van der Waals surface area contributed by atoms with Gasteiger partial charge in [0.25, 0.3) is 0 Å². The molecule has 1 aliphatic heterocycles. The van der Waals surface area contributed by atoms with Crippen molar-refractivity contribution in [2.45, 2.75) is 6.42 Å². The summed E-state index contributed by atoms with van der Waals surface area (Å²) in [5.74, 6) is 0.642. The maximum Gasteiger partial charge on any atom is 0.231 e. The van der Waals surface area contributed by atoms with E-state index in [0.717, 1.165) is 5.56 Å². The third-order valence-electron chi connectivity index (χ3n) is 3.70. The Morgan fingerprint density at radius 3 is 2.75 bits per heavy atom. The summed E-state index contributed by atoms with van der Waals surface area (Å²) in [6.07, 6.45) is 4.81. The number of carbonyl (C=O) groups is 1. The molecule has 1 heterocycles. The molecule has 0 amide bonds. The van der Waals surface area contributed by atoms with Crippen LogP contribution >= 0.6 is 0 Å². The van der Waals surface area contributed by atoms with Crippen molar-refractivity contribution in [3.05, 3.63) is 65.8 Å². The number of benzene rings is 2. The first-order chi connectivity index (χ1) is 11.6. The highest BCUT2D eigenvalue weighted by molar-refractivity contribution is 6.09. The molecule has 0 saturated carbocycles. The van der Waals surface area contributed by atoms with Crippen molar-refractivity contribution < 1.29 is 24.5 Å². The monoisotopic (exact) mass is 324 g/mol. The Kier molecular flexibility index (Phi) is 4.24. The van der Waals surface area contributed by atoms with E-state index in [-0.39, 0.29) is 41.6 Å². The van der Waals surface area contributed by atoms with Crippen LogP contribution in [0.3, 0.4) is 0 Å². The third-order valence-corrected chi connectivity index (χ3v) is 3.70. The fourth-order valence-corrected chi connectivity index (χ4v) is 2.45. The van der Waals surface area contributed by atoms with Crippen molar-refractivity contribution in [2.24, 2.45) is 0 Å². The number of fused-ring (bicyclic) bond motifs is 1. The van der Waals surface area contributed by atoms with E-state index >= 15 is 0 Å². The second kappa shape index (κ2) is 6.50. The molecule has 0 bridgehead atoms. The van der Waals surface area contributed by atoms with Crippen molar-refractivity contribution in [1.29, 1.82) is 0 Å². The minimum Gasteiger partial charge on any atom is -0.508 e. The fraction of sp³-hybridized carbons (Fsp3) is 0.105. The molecule has 0 radical (unpaired) electrons. The molecule has 0 unspecified atom stereocenters. The van der Waals surface area contributed by atoms with Gasteiger partial charge in [-0.2, -0.15) is 0 Å². The molecule has 2 aromatic rings. The minimum absolute atomic E-state index is 0.0660. The molecule has 0 spiro atoms. The molecule has 1 aliphatic rings. The fourth-order valence-electron chi connectivity index (χ4n) is 2.45. The van der Waals surface area contributed by atoms with Crippen LogP contribution in [0.1, 0.15) is 21.5 Å². The SMILES string of the molecule is C=CCc1c(O)ccc(C(=O)/C=C/c2ccc3c(c2)OCO3)c1O. The molecule has 2 aromatic carbocycles. The second-order valence-corrected chi connectivity index (χ2v) is 5.26. The number of hydrogen-bond acceptors (Lipinski definition) is 5. The quantitative estimate of drug-likeness (QED) is 0.500. The van der Waals surface area contributed by atoms with Gasteiger partial charge in [-0.25, -0.2) is 0 Å². The highest BCUT2D eigenvalue weighted by atomic mass is 16.7. The zero-order chi connectivity index (χ0) is 17.1. The summed E-state index contributed by atoms with van der Waals surface area (Å²) >= 11 is 0. The van der Waals surface area contributed by atoms with Crippen LogP contribution in [0.4, 0.5) is 0 Å². The van der Waals surface area contributed by atoms with Gasteiger partial charge in [0.15, 0.2) is 17.3 Å². The van der Waals surface area contributed by atoms with Gasteiger partial charge in [-0.05, 0) is 42.3 Å². The lowest BCUT2D eigenvalue weighted by Gasteiger charge is -2.08. The Hall–Kier alpha value is -3.21. The van der Waals surface area contributed by atoms with Crippen molar-refractivity contribution in [3.8, 4) is 23.0 Å². The van der Waals surface area contributed by atoms with Crippen molar-refractivity contribution in [1.82, 2.24) is 0 Å². The first kappa shape index (κ1) is 15.7. The van der Waals surface area contributed by atoms with Crippen LogP contribution in [-0.4, -0.2) is 22.8 Å². The molecular weight excluding hydrogens is 308 g/mol. The van der Waals surface area contributed by atoms with E-state index < -0.39 is 0 Å². The number of carbonyl (C=O) groups excluding carboxylic acids is 1. The highest BCUT2D eigenvalue weighted by Crippen LogP contribution is 2.34. The first-order valence-electron chi connectivity index (χ1n) is 7.37. The number of phenols is 2. The first-order valence-corrected chi connectivity index (χ1v) is 7.37. The van der Waals surface area contributed by atoms with Gasteiger partial charge in [0.05, 0.1) is 5.56 Å². The molecule has 24 heavy (non-hydrogen) atoms. The molecule has 3 rings (SSSR count). The Bertz CT molecular complexity index is 836. The van der Waals surface area contributed by atoms with Crippen LogP contribution in [0.5, 0.6) is 23.0 Å². The van der Waals surface area contributed by atoms with Crippen LogP contribution < -0.4 is 9.47 Å². The van der Waals surface area contributed by atoms with Gasteiger partial charge in [-0.3, -0.25) is 4.79 Å². The summed E-state index contributed by atoms with van der Waals surface area (Å²) in [7, 11) is 0. The number of rotatable bonds is 5. The lowest BCUT2D eigenvalue weighted by atomic mass is 10.0. The van der Waals surface area contributed by atoms with Gasteiger partial charge in [-0.1, -0.05) is 18.2 Å². The van der Waals surface area contributed by atoms with E-state index in [4.69, 9.17) is 9.47 Å². The number of hydrogen-bond donors (Lipinski definition) is 2. The van der Waals surface area contributed by atoms with Gasteiger partial charge in [0.1, 0.15) is 11.5 Å². The molecule has 0 fully saturated rings. The molecular formula is C19H16O5. The van der Waals surface area contributed by atoms with E-state index in [1.54, 1.807) is 30.4 Å². The second-order valence-electron chi connectivity index (χ2n) is 5.26. The summed E-state index contributed by atoms with van der Waals surface area (Å²) in [4.78, 5) is 12.3. The zero-order valence-corrected chi connectivity index (χ0v) is 12.9. The summed E-state index contributed by atoms with van der Waals surface area (Å²) in [5.41, 5.74) is 1.19. The highest BCUT2D eigenvalue weighted by Gasteiger charge is 2.16. The molecule has 122 valence electrons. The number of phenolic OH excluding ortho intramolecular Hbond substituents is 2. The number of aromatic hydroxyl groups is 2. The molecule has 0 aromatic heterocycles. The van der Waals surface area contributed by atoms with Crippen LogP contribution in [0.15, 0.2) is 49.1 Å². The summed E-state index contributed by atoms with van der Waals surface area (Å²) in [5, 5.41) is 20.0. The van der Waals surface area contributed by atoms with Crippen LogP contribution in [0.2, 0.25) is 0 Å². The van der Waals surface area contributed by atoms with E-state index in [0.29, 0.717) is 11.5 Å². The minimum atomic E-state index is -0.365. The van der Waals surface area contributed by atoms with Gasteiger partial charge in [-0.15, -0.1) is 6.58 Å². The maximum absolute atomic E-state index is 12.3. The smallest absolute Gasteiger partial charge is 0.231 e. The van der Waals surface area contributed by atoms with Gasteiger partial charge >= 0.3 is 0 Å². The Morgan fingerprint density at radius 2 is 1.96 bits per heavy atom. The predicted octanol–water partition coefficient (Wildman–Crippen LogP) is 3.45. The van der Waals surface area contributed by atoms with Crippen molar-refractivity contribution in [3.63, 3.8) is 0 Å². The van der Waals surface area contributed by atoms with Crippen LogP contribution in [0.25, 0.3) is 6.08 Å². The number of ether oxygens (including phenoxy) is 2. The van der Waals surface area contributed by atoms with Crippen molar-refractivity contribution in [2.75, 3.05) is 6.79 Å². The average molecular weight is 324 g/mol.